The summed E-state index contributed by atoms with van der Waals surface area (Å²) >= 11 is 1.88. The molecular weight excluding hydrogens is 334 g/mol. The zero-order chi connectivity index (χ0) is 17.0. The molecule has 2 aliphatic carbocycles. The fourth-order valence-corrected chi connectivity index (χ4v) is 6.47. The molecule has 1 aromatic rings. The molecule has 4 aliphatic rings. The lowest BCUT2D eigenvalue weighted by Gasteiger charge is -2.44. The highest BCUT2D eigenvalue weighted by molar-refractivity contribution is 8.00. The van der Waals surface area contributed by atoms with E-state index < -0.39 is 0 Å². The second-order valence-electron chi connectivity index (χ2n) is 7.32. The first-order chi connectivity index (χ1) is 12.2. The fourth-order valence-electron chi connectivity index (χ4n) is 5.12. The van der Waals surface area contributed by atoms with Crippen molar-refractivity contribution in [3.05, 3.63) is 42.0 Å². The van der Waals surface area contributed by atoms with Gasteiger partial charge in [0.25, 0.3) is 0 Å². The van der Waals surface area contributed by atoms with E-state index in [1.807, 2.05) is 42.1 Å². The van der Waals surface area contributed by atoms with Gasteiger partial charge in [-0.25, -0.2) is 0 Å². The number of amides is 2. The van der Waals surface area contributed by atoms with Crippen LogP contribution >= 0.6 is 11.8 Å². The van der Waals surface area contributed by atoms with Crippen LogP contribution in [0.25, 0.3) is 0 Å². The van der Waals surface area contributed by atoms with Crippen LogP contribution in [-0.4, -0.2) is 29.1 Å². The van der Waals surface area contributed by atoms with E-state index in [2.05, 4.69) is 6.08 Å². The predicted octanol–water partition coefficient (Wildman–Crippen LogP) is 3.38. The van der Waals surface area contributed by atoms with Crippen molar-refractivity contribution >= 4 is 29.3 Å². The molecule has 0 unspecified atom stereocenters. The summed E-state index contributed by atoms with van der Waals surface area (Å²) in [6.45, 7) is 0.784. The van der Waals surface area contributed by atoms with Crippen LogP contribution in [-0.2, 0) is 14.3 Å². The summed E-state index contributed by atoms with van der Waals surface area (Å²) in [5.41, 5.74) is 1.99. The number of carbonyl (C=O) groups is 2. The molecule has 1 aromatic carbocycles. The van der Waals surface area contributed by atoms with Crippen molar-refractivity contribution in [3.63, 3.8) is 0 Å². The maximum atomic E-state index is 13.2. The van der Waals surface area contributed by atoms with E-state index in [1.165, 1.54) is 10.5 Å². The van der Waals surface area contributed by atoms with Crippen molar-refractivity contribution < 1.29 is 14.3 Å². The Labute approximate surface area is 151 Å². The summed E-state index contributed by atoms with van der Waals surface area (Å²) in [6, 6.07) is 9.35. The summed E-state index contributed by atoms with van der Waals surface area (Å²) in [5.74, 6) is 0.704. The average molecular weight is 355 g/mol. The molecule has 0 N–H and O–H groups in total. The van der Waals surface area contributed by atoms with Gasteiger partial charge in [0.15, 0.2) is 0 Å². The Kier molecular flexibility index (Phi) is 3.57. The van der Waals surface area contributed by atoms with Crippen LogP contribution < -0.4 is 4.90 Å². The number of carbonyl (C=O) groups excluding carboxylic acids is 2. The first-order valence-electron chi connectivity index (χ1n) is 9.13. The van der Waals surface area contributed by atoms with Crippen LogP contribution in [0.15, 0.2) is 42.0 Å². The van der Waals surface area contributed by atoms with E-state index in [-0.39, 0.29) is 34.5 Å². The molecule has 5 heteroatoms. The molecule has 0 aromatic heterocycles. The highest BCUT2D eigenvalue weighted by atomic mass is 32.2. The summed E-state index contributed by atoms with van der Waals surface area (Å²) in [6.07, 6.45) is 5.96. The van der Waals surface area contributed by atoms with E-state index in [0.29, 0.717) is 12.1 Å². The van der Waals surface area contributed by atoms with Gasteiger partial charge in [-0.05, 0) is 49.3 Å². The van der Waals surface area contributed by atoms with Crippen molar-refractivity contribution in [1.82, 2.24) is 0 Å². The normalized spacial score (nSPS) is 37.2. The van der Waals surface area contributed by atoms with Gasteiger partial charge in [-0.1, -0.05) is 24.3 Å². The maximum Gasteiger partial charge on any atom is 0.238 e. The van der Waals surface area contributed by atoms with Crippen LogP contribution in [0, 0.1) is 17.8 Å². The lowest BCUT2D eigenvalue weighted by Crippen LogP contribution is -2.43. The zero-order valence-corrected chi connectivity index (χ0v) is 14.8. The predicted molar refractivity (Wildman–Crippen MR) is 97.1 cm³/mol. The second-order valence-corrected chi connectivity index (χ2v) is 8.68. The molecule has 3 fully saturated rings. The number of fused-ring (bicyclic) bond motifs is 4. The standard InChI is InChI=1S/C20H21NO3S/c22-18-15-8-9-16-14(7-4-10-20(16)24-11-12-25-20)17(15)19(23)21(18)13-5-2-1-3-6-13/h1-3,5-6,9,14-15,17H,4,7-8,10-12H2/t14-,15+,17-,20-/m0/s1. The quantitative estimate of drug-likeness (QED) is 0.572. The highest BCUT2D eigenvalue weighted by Gasteiger charge is 2.58. The molecule has 1 saturated carbocycles. The molecule has 2 heterocycles. The topological polar surface area (TPSA) is 46.6 Å². The number of imide groups is 1. The average Bonchev–Trinajstić information content (AvgIpc) is 3.20. The Morgan fingerprint density at radius 1 is 1.12 bits per heavy atom. The Bertz CT molecular complexity index is 753. The Hall–Kier alpha value is -1.59. The van der Waals surface area contributed by atoms with E-state index in [9.17, 15) is 9.59 Å². The van der Waals surface area contributed by atoms with E-state index in [1.54, 1.807) is 0 Å². The molecule has 25 heavy (non-hydrogen) atoms. The summed E-state index contributed by atoms with van der Waals surface area (Å²) in [7, 11) is 0. The minimum absolute atomic E-state index is 0.0168. The van der Waals surface area contributed by atoms with Crippen LogP contribution in [0.1, 0.15) is 25.7 Å². The Morgan fingerprint density at radius 3 is 2.72 bits per heavy atom. The molecule has 5 rings (SSSR count). The number of benzene rings is 1. The minimum Gasteiger partial charge on any atom is -0.360 e. The number of anilines is 1. The number of para-hydroxylation sites is 1. The number of thioether (sulfide) groups is 1. The van der Waals surface area contributed by atoms with Gasteiger partial charge >= 0.3 is 0 Å². The molecule has 2 saturated heterocycles. The van der Waals surface area contributed by atoms with Gasteiger partial charge in [0.05, 0.1) is 24.1 Å². The molecular formula is C20H21NO3S. The van der Waals surface area contributed by atoms with Crippen molar-refractivity contribution in [3.8, 4) is 0 Å². The summed E-state index contributed by atoms with van der Waals surface area (Å²) < 4.78 is 6.16. The highest BCUT2D eigenvalue weighted by Crippen LogP contribution is 2.56. The van der Waals surface area contributed by atoms with E-state index >= 15 is 0 Å². The monoisotopic (exact) mass is 355 g/mol. The zero-order valence-electron chi connectivity index (χ0n) is 14.0. The number of ether oxygens (including phenoxy) is 1. The third kappa shape index (κ3) is 2.18. The van der Waals surface area contributed by atoms with Gasteiger partial charge in [0.1, 0.15) is 4.93 Å². The number of nitrogens with zero attached hydrogens (tertiary/aromatic N) is 1. The number of rotatable bonds is 1. The van der Waals surface area contributed by atoms with E-state index in [0.717, 1.165) is 31.6 Å². The SMILES string of the molecule is O=C1[C@@H]2[C@@H](CC=C3[C@@H]2CCC[C@@]32OCCS2)C(=O)N1c1ccccc1. The number of allylic oxidation sites excluding steroid dienone is 1. The summed E-state index contributed by atoms with van der Waals surface area (Å²) in [4.78, 5) is 27.4. The van der Waals surface area contributed by atoms with Gasteiger partial charge in [-0.15, -0.1) is 11.8 Å². The van der Waals surface area contributed by atoms with Crippen molar-refractivity contribution in [1.29, 1.82) is 0 Å². The Balaban J connectivity index is 1.52. The molecule has 4 nitrogen and oxygen atoms in total. The Morgan fingerprint density at radius 2 is 1.96 bits per heavy atom. The van der Waals surface area contributed by atoms with Gasteiger partial charge in [-0.3, -0.25) is 14.5 Å². The molecule has 4 atom stereocenters. The smallest absolute Gasteiger partial charge is 0.238 e. The lowest BCUT2D eigenvalue weighted by atomic mass is 9.66. The molecule has 2 amide bonds. The molecule has 2 aliphatic heterocycles. The fraction of sp³-hybridized carbons (Fsp3) is 0.500. The van der Waals surface area contributed by atoms with Crippen molar-refractivity contribution in [2.24, 2.45) is 17.8 Å². The first kappa shape index (κ1) is 15.6. The van der Waals surface area contributed by atoms with Gasteiger partial charge in [0, 0.05) is 5.75 Å². The minimum atomic E-state index is -0.225. The number of hydrogen-bond acceptors (Lipinski definition) is 4. The van der Waals surface area contributed by atoms with Crippen molar-refractivity contribution in [2.45, 2.75) is 30.6 Å². The van der Waals surface area contributed by atoms with Crippen LogP contribution in [0.5, 0.6) is 0 Å². The van der Waals surface area contributed by atoms with Gasteiger partial charge in [-0.2, -0.15) is 0 Å². The largest absolute Gasteiger partial charge is 0.360 e. The molecule has 1 spiro atoms. The van der Waals surface area contributed by atoms with E-state index in [4.69, 9.17) is 4.74 Å². The third-order valence-corrected chi connectivity index (χ3v) is 7.53. The second kappa shape index (κ2) is 5.71. The van der Waals surface area contributed by atoms with Crippen LogP contribution in [0.3, 0.4) is 0 Å². The number of hydrogen-bond donors (Lipinski definition) is 0. The summed E-state index contributed by atoms with van der Waals surface area (Å²) in [5, 5.41) is 0. The first-order valence-corrected chi connectivity index (χ1v) is 10.1. The molecule has 0 radical (unpaired) electrons. The lowest BCUT2D eigenvalue weighted by molar-refractivity contribution is -0.123. The van der Waals surface area contributed by atoms with Crippen LogP contribution in [0.4, 0.5) is 5.69 Å². The molecule has 130 valence electrons. The van der Waals surface area contributed by atoms with Gasteiger partial charge < -0.3 is 4.74 Å². The van der Waals surface area contributed by atoms with Gasteiger partial charge in [0.2, 0.25) is 11.8 Å². The maximum absolute atomic E-state index is 13.2. The van der Waals surface area contributed by atoms with Crippen molar-refractivity contribution in [2.75, 3.05) is 17.3 Å². The molecule has 0 bridgehead atoms. The van der Waals surface area contributed by atoms with Crippen LogP contribution in [0.2, 0.25) is 0 Å². The third-order valence-electron chi connectivity index (χ3n) is 6.13.